The minimum absolute atomic E-state index is 0.116. The molecular formula is C19H20N2O6. The fourth-order valence-corrected chi connectivity index (χ4v) is 2.12. The van der Waals surface area contributed by atoms with Crippen molar-refractivity contribution in [1.29, 1.82) is 0 Å². The summed E-state index contributed by atoms with van der Waals surface area (Å²) in [6.45, 7) is 2.11. The number of benzene rings is 2. The third-order valence-electron chi connectivity index (χ3n) is 3.53. The lowest BCUT2D eigenvalue weighted by atomic mass is 10.2. The van der Waals surface area contributed by atoms with Crippen LogP contribution in [0.4, 0.5) is 11.4 Å². The van der Waals surface area contributed by atoms with Crippen LogP contribution in [0, 0.1) is 10.1 Å². The Hall–Kier alpha value is -3.42. The molecule has 1 N–H and O–H groups in total. The summed E-state index contributed by atoms with van der Waals surface area (Å²) in [5, 5.41) is 13.3. The van der Waals surface area contributed by atoms with E-state index in [2.05, 4.69) is 5.32 Å². The number of hydrogen-bond donors (Lipinski definition) is 1. The number of anilines is 1. The van der Waals surface area contributed by atoms with Crippen molar-refractivity contribution in [3.05, 3.63) is 64.2 Å². The van der Waals surface area contributed by atoms with Crippen molar-refractivity contribution in [2.75, 3.05) is 18.5 Å². The maximum Gasteiger partial charge on any atom is 0.338 e. The number of esters is 1. The number of nitro benzene ring substituents is 1. The molecule has 2 rings (SSSR count). The van der Waals surface area contributed by atoms with Gasteiger partial charge >= 0.3 is 5.97 Å². The van der Waals surface area contributed by atoms with Gasteiger partial charge in [0.05, 0.1) is 17.1 Å². The molecule has 142 valence electrons. The highest BCUT2D eigenvalue weighted by atomic mass is 16.6. The van der Waals surface area contributed by atoms with Crippen LogP contribution < -0.4 is 10.1 Å². The Bertz CT molecular complexity index is 804. The Morgan fingerprint density at radius 3 is 2.56 bits per heavy atom. The molecule has 0 aliphatic rings. The van der Waals surface area contributed by atoms with Crippen molar-refractivity contribution < 1.29 is 24.0 Å². The molecule has 0 atom stereocenters. The highest BCUT2D eigenvalue weighted by Crippen LogP contribution is 2.17. The van der Waals surface area contributed by atoms with Crippen molar-refractivity contribution in [1.82, 2.24) is 0 Å². The van der Waals surface area contributed by atoms with Crippen LogP contribution in [0.25, 0.3) is 0 Å². The molecule has 27 heavy (non-hydrogen) atoms. The minimum atomic E-state index is -0.541. The van der Waals surface area contributed by atoms with E-state index in [1.54, 1.807) is 30.3 Å². The molecule has 2 aromatic carbocycles. The van der Waals surface area contributed by atoms with Gasteiger partial charge in [-0.25, -0.2) is 4.79 Å². The summed E-state index contributed by atoms with van der Waals surface area (Å²) in [5.41, 5.74) is 0.595. The lowest BCUT2D eigenvalue weighted by Crippen LogP contribution is -2.20. The van der Waals surface area contributed by atoms with Crippen molar-refractivity contribution in [3.63, 3.8) is 0 Å². The summed E-state index contributed by atoms with van der Waals surface area (Å²) < 4.78 is 10.5. The predicted molar refractivity (Wildman–Crippen MR) is 98.9 cm³/mol. The van der Waals surface area contributed by atoms with E-state index < -0.39 is 16.8 Å². The Kier molecular flexibility index (Phi) is 7.30. The van der Waals surface area contributed by atoms with E-state index in [9.17, 15) is 19.7 Å². The van der Waals surface area contributed by atoms with Crippen LogP contribution in [0.3, 0.4) is 0 Å². The van der Waals surface area contributed by atoms with E-state index in [4.69, 9.17) is 9.47 Å². The number of amides is 1. The number of non-ortho nitro benzene ring substituents is 1. The quantitative estimate of drug-likeness (QED) is 0.312. The van der Waals surface area contributed by atoms with E-state index in [0.29, 0.717) is 23.6 Å². The first-order valence-corrected chi connectivity index (χ1v) is 8.44. The molecule has 0 aliphatic carbocycles. The van der Waals surface area contributed by atoms with Crippen LogP contribution in [0.15, 0.2) is 48.5 Å². The zero-order valence-corrected chi connectivity index (χ0v) is 14.8. The van der Waals surface area contributed by atoms with E-state index in [-0.39, 0.29) is 12.3 Å². The van der Waals surface area contributed by atoms with Gasteiger partial charge in [-0.05, 0) is 36.8 Å². The normalized spacial score (nSPS) is 10.1. The topological polar surface area (TPSA) is 108 Å². The SMILES string of the molecule is CCCCOC(=O)c1ccc(OCC(=O)Nc2cccc([N+](=O)[O-])c2)cc1. The van der Waals surface area contributed by atoms with Gasteiger partial charge in [0.15, 0.2) is 6.61 Å². The van der Waals surface area contributed by atoms with Gasteiger partial charge in [0.1, 0.15) is 5.75 Å². The lowest BCUT2D eigenvalue weighted by Gasteiger charge is -2.08. The zero-order chi connectivity index (χ0) is 19.6. The Balaban J connectivity index is 1.83. The van der Waals surface area contributed by atoms with Crippen LogP contribution in [0.1, 0.15) is 30.1 Å². The summed E-state index contributed by atoms with van der Waals surface area (Å²) in [6, 6.07) is 11.9. The maximum absolute atomic E-state index is 11.9. The second-order valence-corrected chi connectivity index (χ2v) is 5.66. The van der Waals surface area contributed by atoms with Gasteiger partial charge < -0.3 is 14.8 Å². The van der Waals surface area contributed by atoms with Gasteiger partial charge in [-0.15, -0.1) is 0 Å². The van der Waals surface area contributed by atoms with Crippen LogP contribution in [-0.2, 0) is 9.53 Å². The molecule has 8 nitrogen and oxygen atoms in total. The second-order valence-electron chi connectivity index (χ2n) is 5.66. The van der Waals surface area contributed by atoms with Gasteiger partial charge in [0.2, 0.25) is 0 Å². The molecular weight excluding hydrogens is 352 g/mol. The average Bonchev–Trinajstić information content (AvgIpc) is 2.67. The molecule has 0 radical (unpaired) electrons. The molecule has 2 aromatic rings. The van der Waals surface area contributed by atoms with E-state index in [1.165, 1.54) is 18.2 Å². The molecule has 0 saturated heterocycles. The van der Waals surface area contributed by atoms with Crippen molar-refractivity contribution in [3.8, 4) is 5.75 Å². The van der Waals surface area contributed by atoms with E-state index >= 15 is 0 Å². The number of ether oxygens (including phenoxy) is 2. The molecule has 0 spiro atoms. The highest BCUT2D eigenvalue weighted by molar-refractivity contribution is 5.92. The largest absolute Gasteiger partial charge is 0.484 e. The van der Waals surface area contributed by atoms with Crippen molar-refractivity contribution in [2.45, 2.75) is 19.8 Å². The molecule has 0 unspecified atom stereocenters. The summed E-state index contributed by atoms with van der Waals surface area (Å²) in [4.78, 5) is 33.9. The first kappa shape index (κ1) is 19.9. The number of nitrogens with zero attached hydrogens (tertiary/aromatic N) is 1. The first-order valence-electron chi connectivity index (χ1n) is 8.44. The second kappa shape index (κ2) is 9.91. The van der Waals surface area contributed by atoms with Gasteiger partial charge in [-0.2, -0.15) is 0 Å². The van der Waals surface area contributed by atoms with Gasteiger partial charge in [-0.3, -0.25) is 14.9 Å². The third-order valence-corrected chi connectivity index (χ3v) is 3.53. The predicted octanol–water partition coefficient (Wildman–Crippen LogP) is 3.57. The monoisotopic (exact) mass is 372 g/mol. The molecule has 0 bridgehead atoms. The molecule has 1 amide bonds. The number of nitrogens with one attached hydrogen (secondary N) is 1. The summed E-state index contributed by atoms with van der Waals surface area (Å²) >= 11 is 0. The van der Waals surface area contributed by atoms with Gasteiger partial charge in [0.25, 0.3) is 11.6 Å². The number of hydrogen-bond acceptors (Lipinski definition) is 6. The van der Waals surface area contributed by atoms with Gasteiger partial charge in [-0.1, -0.05) is 19.4 Å². The van der Waals surface area contributed by atoms with Crippen molar-refractivity contribution >= 4 is 23.3 Å². The zero-order valence-electron chi connectivity index (χ0n) is 14.8. The molecule has 8 heteroatoms. The van der Waals surface area contributed by atoms with Crippen molar-refractivity contribution in [2.24, 2.45) is 0 Å². The highest BCUT2D eigenvalue weighted by Gasteiger charge is 2.10. The first-order chi connectivity index (χ1) is 13.0. The Morgan fingerprint density at radius 1 is 1.15 bits per heavy atom. The fraction of sp³-hybridized carbons (Fsp3) is 0.263. The maximum atomic E-state index is 11.9. The molecule has 0 heterocycles. The fourth-order valence-electron chi connectivity index (χ4n) is 2.12. The Labute approximate surface area is 156 Å². The standard InChI is InChI=1S/C19H20N2O6/c1-2-3-11-26-19(23)14-7-9-17(10-8-14)27-13-18(22)20-15-5-4-6-16(12-15)21(24)25/h4-10,12H,2-3,11,13H2,1H3,(H,20,22). The summed E-state index contributed by atoms with van der Waals surface area (Å²) in [5.74, 6) is -0.453. The van der Waals surface area contributed by atoms with E-state index in [0.717, 1.165) is 12.8 Å². The smallest absolute Gasteiger partial charge is 0.338 e. The molecule has 0 aromatic heterocycles. The molecule has 0 saturated carbocycles. The third kappa shape index (κ3) is 6.43. The van der Waals surface area contributed by atoms with E-state index in [1.807, 2.05) is 6.92 Å². The summed E-state index contributed by atoms with van der Waals surface area (Å²) in [6.07, 6.45) is 1.76. The van der Waals surface area contributed by atoms with Crippen LogP contribution in [0.5, 0.6) is 5.75 Å². The molecule has 0 fully saturated rings. The van der Waals surface area contributed by atoms with Crippen LogP contribution in [0.2, 0.25) is 0 Å². The Morgan fingerprint density at radius 2 is 1.89 bits per heavy atom. The number of carbonyl (C=O) groups is 2. The molecule has 0 aliphatic heterocycles. The number of unbranched alkanes of at least 4 members (excludes halogenated alkanes) is 1. The van der Waals surface area contributed by atoms with Gasteiger partial charge in [0, 0.05) is 17.8 Å². The number of carbonyl (C=O) groups excluding carboxylic acids is 2. The number of nitro groups is 1. The van der Waals surface area contributed by atoms with Crippen LogP contribution >= 0.6 is 0 Å². The average molecular weight is 372 g/mol. The lowest BCUT2D eigenvalue weighted by molar-refractivity contribution is -0.384. The van der Waals surface area contributed by atoms with Crippen LogP contribution in [-0.4, -0.2) is 30.0 Å². The number of rotatable bonds is 9. The summed E-state index contributed by atoms with van der Waals surface area (Å²) in [7, 11) is 0. The minimum Gasteiger partial charge on any atom is -0.484 e.